The van der Waals surface area contributed by atoms with Crippen molar-refractivity contribution in [2.24, 2.45) is 5.92 Å². The van der Waals surface area contributed by atoms with E-state index in [1.165, 1.54) is 18.4 Å². The van der Waals surface area contributed by atoms with Crippen LogP contribution in [0.2, 0.25) is 0 Å². The summed E-state index contributed by atoms with van der Waals surface area (Å²) in [5, 5.41) is 17.7. The van der Waals surface area contributed by atoms with Crippen molar-refractivity contribution in [3.8, 4) is 0 Å². The van der Waals surface area contributed by atoms with Crippen molar-refractivity contribution >= 4 is 0 Å². The summed E-state index contributed by atoms with van der Waals surface area (Å²) in [5.41, 5.74) is 1.23. The maximum absolute atomic E-state index is 9.76. The monoisotopic (exact) mass is 287 g/mol. The van der Waals surface area contributed by atoms with Gasteiger partial charge in [-0.15, -0.1) is 10.2 Å². The Balaban J connectivity index is 1.76. The van der Waals surface area contributed by atoms with Gasteiger partial charge in [0.05, 0.1) is 13.2 Å². The van der Waals surface area contributed by atoms with E-state index in [4.69, 9.17) is 4.42 Å². The predicted octanol–water partition coefficient (Wildman–Crippen LogP) is 2.15. The molecule has 0 radical (unpaired) electrons. The Morgan fingerprint density at radius 3 is 2.57 bits per heavy atom. The first-order valence-electron chi connectivity index (χ1n) is 7.44. The summed E-state index contributed by atoms with van der Waals surface area (Å²) in [4.78, 5) is 2.25. The number of nitrogens with zero attached hydrogens (tertiary/aromatic N) is 3. The molecule has 1 fully saturated rings. The van der Waals surface area contributed by atoms with E-state index in [9.17, 15) is 5.11 Å². The van der Waals surface area contributed by atoms with Crippen LogP contribution in [0.4, 0.5) is 0 Å². The average molecular weight is 287 g/mol. The second kappa shape index (κ2) is 6.37. The highest BCUT2D eigenvalue weighted by Crippen LogP contribution is 2.36. The Morgan fingerprint density at radius 2 is 2.00 bits per heavy atom. The highest BCUT2D eigenvalue weighted by atomic mass is 16.4. The Bertz CT molecular complexity index is 566. The van der Waals surface area contributed by atoms with Gasteiger partial charge in [0.2, 0.25) is 11.8 Å². The minimum atomic E-state index is 0.164. The molecule has 1 heterocycles. The summed E-state index contributed by atoms with van der Waals surface area (Å²) in [7, 11) is 0. The fraction of sp³-hybridized carbons (Fsp3) is 0.500. The lowest BCUT2D eigenvalue weighted by atomic mass is 10.1. The van der Waals surface area contributed by atoms with Crippen LogP contribution in [-0.4, -0.2) is 32.9 Å². The van der Waals surface area contributed by atoms with E-state index in [0.717, 1.165) is 6.54 Å². The van der Waals surface area contributed by atoms with Gasteiger partial charge >= 0.3 is 0 Å². The van der Waals surface area contributed by atoms with Crippen LogP contribution in [0.5, 0.6) is 0 Å². The van der Waals surface area contributed by atoms with Crippen molar-refractivity contribution in [3.05, 3.63) is 47.7 Å². The summed E-state index contributed by atoms with van der Waals surface area (Å²) in [6.45, 7) is 3.33. The highest BCUT2D eigenvalue weighted by molar-refractivity contribution is 5.15. The van der Waals surface area contributed by atoms with E-state index in [2.05, 4.69) is 27.2 Å². The molecule has 1 atom stereocenters. The fourth-order valence-electron chi connectivity index (χ4n) is 2.73. The highest BCUT2D eigenvalue weighted by Gasteiger charge is 2.35. The molecule has 3 rings (SSSR count). The minimum Gasteiger partial charge on any atom is -0.424 e. The molecule has 5 nitrogen and oxygen atoms in total. The first kappa shape index (κ1) is 14.2. The number of hydrogen-bond donors (Lipinski definition) is 1. The summed E-state index contributed by atoms with van der Waals surface area (Å²) < 4.78 is 5.50. The molecule has 0 amide bonds. The Labute approximate surface area is 124 Å². The molecule has 0 aliphatic heterocycles. The topological polar surface area (TPSA) is 62.4 Å². The fourth-order valence-corrected chi connectivity index (χ4v) is 2.73. The number of aromatic nitrogens is 2. The van der Waals surface area contributed by atoms with E-state index < -0.39 is 0 Å². The molecule has 2 aromatic rings. The molecule has 1 saturated carbocycles. The molecule has 0 saturated heterocycles. The van der Waals surface area contributed by atoms with E-state index in [0.29, 0.717) is 24.2 Å². The molecule has 112 valence electrons. The van der Waals surface area contributed by atoms with Gasteiger partial charge in [-0.25, -0.2) is 0 Å². The molecule has 1 aliphatic rings. The van der Waals surface area contributed by atoms with Crippen LogP contribution in [0.1, 0.15) is 30.2 Å². The van der Waals surface area contributed by atoms with Crippen molar-refractivity contribution in [3.63, 3.8) is 0 Å². The number of hydrogen-bond acceptors (Lipinski definition) is 5. The molecule has 1 N–H and O–H groups in total. The van der Waals surface area contributed by atoms with Gasteiger partial charge < -0.3 is 9.52 Å². The second-order valence-corrected chi connectivity index (χ2v) is 5.69. The standard InChI is InChI=1S/C16H21N3O2/c1-12-17-18-16(21-12)10-19(15(11-20)14-7-8-14)9-13-5-3-2-4-6-13/h2-6,14-15,20H,7-11H2,1H3. The van der Waals surface area contributed by atoms with Crippen LogP contribution < -0.4 is 0 Å². The zero-order valence-corrected chi connectivity index (χ0v) is 12.3. The molecule has 1 aromatic heterocycles. The number of aliphatic hydroxyl groups excluding tert-OH is 1. The number of benzene rings is 1. The first-order valence-corrected chi connectivity index (χ1v) is 7.44. The molecule has 1 aliphatic carbocycles. The normalized spacial score (nSPS) is 16.3. The quantitative estimate of drug-likeness (QED) is 0.845. The van der Waals surface area contributed by atoms with Gasteiger partial charge in [-0.2, -0.15) is 0 Å². The molecule has 1 unspecified atom stereocenters. The van der Waals surface area contributed by atoms with Crippen LogP contribution >= 0.6 is 0 Å². The van der Waals surface area contributed by atoms with Crippen molar-refractivity contribution in [2.45, 2.75) is 38.9 Å². The van der Waals surface area contributed by atoms with E-state index in [1.54, 1.807) is 6.92 Å². The predicted molar refractivity (Wildman–Crippen MR) is 78.3 cm³/mol. The van der Waals surface area contributed by atoms with Gasteiger partial charge in [-0.3, -0.25) is 4.90 Å². The number of aryl methyl sites for hydroxylation is 1. The molecule has 0 spiro atoms. The van der Waals surface area contributed by atoms with Crippen LogP contribution in [0, 0.1) is 12.8 Å². The van der Waals surface area contributed by atoms with E-state index in [-0.39, 0.29) is 12.6 Å². The number of rotatable bonds is 7. The van der Waals surface area contributed by atoms with Gasteiger partial charge in [0, 0.05) is 19.5 Å². The van der Waals surface area contributed by atoms with Crippen LogP contribution in [-0.2, 0) is 13.1 Å². The SMILES string of the molecule is Cc1nnc(CN(Cc2ccccc2)C(CO)C2CC2)o1. The van der Waals surface area contributed by atoms with Gasteiger partial charge in [-0.05, 0) is 24.3 Å². The lowest BCUT2D eigenvalue weighted by Gasteiger charge is -2.29. The van der Waals surface area contributed by atoms with Crippen molar-refractivity contribution < 1.29 is 9.52 Å². The maximum Gasteiger partial charge on any atom is 0.230 e. The minimum absolute atomic E-state index is 0.164. The third kappa shape index (κ3) is 3.68. The van der Waals surface area contributed by atoms with Gasteiger partial charge in [-0.1, -0.05) is 30.3 Å². The average Bonchev–Trinajstić information content (AvgIpc) is 3.24. The number of aliphatic hydroxyl groups is 1. The van der Waals surface area contributed by atoms with Gasteiger partial charge in [0.15, 0.2) is 0 Å². The maximum atomic E-state index is 9.76. The van der Waals surface area contributed by atoms with E-state index in [1.807, 2.05) is 18.2 Å². The molecular formula is C16H21N3O2. The molecule has 0 bridgehead atoms. The largest absolute Gasteiger partial charge is 0.424 e. The summed E-state index contributed by atoms with van der Waals surface area (Å²) >= 11 is 0. The summed E-state index contributed by atoms with van der Waals surface area (Å²) in [6, 6.07) is 10.5. The van der Waals surface area contributed by atoms with Gasteiger partial charge in [0.25, 0.3) is 0 Å². The molecular weight excluding hydrogens is 266 g/mol. The third-order valence-corrected chi connectivity index (χ3v) is 3.96. The third-order valence-electron chi connectivity index (χ3n) is 3.96. The van der Waals surface area contributed by atoms with E-state index >= 15 is 0 Å². The lowest BCUT2D eigenvalue weighted by Crippen LogP contribution is -2.38. The first-order chi connectivity index (χ1) is 10.3. The summed E-state index contributed by atoms with van der Waals surface area (Å²) in [6.07, 6.45) is 2.39. The van der Waals surface area contributed by atoms with Gasteiger partial charge in [0.1, 0.15) is 0 Å². The molecule has 5 heteroatoms. The van der Waals surface area contributed by atoms with Crippen LogP contribution in [0.25, 0.3) is 0 Å². The lowest BCUT2D eigenvalue weighted by molar-refractivity contribution is 0.0864. The molecule has 21 heavy (non-hydrogen) atoms. The second-order valence-electron chi connectivity index (χ2n) is 5.69. The Morgan fingerprint density at radius 1 is 1.24 bits per heavy atom. The Hall–Kier alpha value is -1.72. The smallest absolute Gasteiger partial charge is 0.230 e. The van der Waals surface area contributed by atoms with Crippen molar-refractivity contribution in [2.75, 3.05) is 6.61 Å². The molecule has 1 aromatic carbocycles. The van der Waals surface area contributed by atoms with Crippen LogP contribution in [0.15, 0.2) is 34.7 Å². The zero-order valence-electron chi connectivity index (χ0n) is 12.3. The zero-order chi connectivity index (χ0) is 14.7. The van der Waals surface area contributed by atoms with Crippen molar-refractivity contribution in [1.29, 1.82) is 0 Å². The van der Waals surface area contributed by atoms with Crippen LogP contribution in [0.3, 0.4) is 0 Å². The summed E-state index contributed by atoms with van der Waals surface area (Å²) in [5.74, 6) is 1.78. The Kier molecular flexibility index (Phi) is 4.31. The van der Waals surface area contributed by atoms with Crippen molar-refractivity contribution in [1.82, 2.24) is 15.1 Å².